The molecule has 2 amide bonds. The van der Waals surface area contributed by atoms with Gasteiger partial charge in [0.1, 0.15) is 5.75 Å². The van der Waals surface area contributed by atoms with Crippen molar-refractivity contribution >= 4 is 11.7 Å². The summed E-state index contributed by atoms with van der Waals surface area (Å²) >= 11 is 0. The van der Waals surface area contributed by atoms with Gasteiger partial charge in [0.2, 0.25) is 0 Å². The zero-order valence-electron chi connectivity index (χ0n) is 13.4. The van der Waals surface area contributed by atoms with E-state index < -0.39 is 0 Å². The fourth-order valence-corrected chi connectivity index (χ4v) is 3.71. The Hall–Kier alpha value is -1.75. The number of carbonyl (C=O) groups is 1. The summed E-state index contributed by atoms with van der Waals surface area (Å²) in [4.78, 5) is 17.1. The van der Waals surface area contributed by atoms with Crippen LogP contribution in [0.15, 0.2) is 24.3 Å². The van der Waals surface area contributed by atoms with Crippen molar-refractivity contribution in [2.24, 2.45) is 5.92 Å². The van der Waals surface area contributed by atoms with Crippen LogP contribution in [0.3, 0.4) is 0 Å². The van der Waals surface area contributed by atoms with Gasteiger partial charge in [-0.15, -0.1) is 0 Å². The van der Waals surface area contributed by atoms with Gasteiger partial charge in [-0.05, 0) is 63.0 Å². The van der Waals surface area contributed by atoms with Crippen LogP contribution in [0, 0.1) is 5.92 Å². The predicted octanol–water partition coefficient (Wildman–Crippen LogP) is 2.64. The van der Waals surface area contributed by atoms with Crippen LogP contribution in [0.1, 0.15) is 19.3 Å². The summed E-state index contributed by atoms with van der Waals surface area (Å²) < 4.78 is 5.14. The van der Waals surface area contributed by atoms with Gasteiger partial charge in [-0.2, -0.15) is 0 Å². The Bertz CT molecular complexity index is 517. The number of nitrogens with one attached hydrogen (secondary N) is 1. The Morgan fingerprint density at radius 2 is 2.00 bits per heavy atom. The summed E-state index contributed by atoms with van der Waals surface area (Å²) in [5.74, 6) is 1.42. The Kier molecular flexibility index (Phi) is 4.52. The van der Waals surface area contributed by atoms with Gasteiger partial charge in [0.05, 0.1) is 7.11 Å². The molecule has 5 heteroatoms. The Labute approximate surface area is 132 Å². The van der Waals surface area contributed by atoms with E-state index >= 15 is 0 Å². The maximum atomic E-state index is 12.6. The van der Waals surface area contributed by atoms with Gasteiger partial charge in [0.15, 0.2) is 0 Å². The van der Waals surface area contributed by atoms with Crippen molar-refractivity contribution in [3.8, 4) is 5.75 Å². The number of rotatable bonds is 2. The molecule has 0 radical (unpaired) electrons. The van der Waals surface area contributed by atoms with Crippen LogP contribution in [0.5, 0.6) is 5.75 Å². The van der Waals surface area contributed by atoms with E-state index in [1.807, 2.05) is 29.2 Å². The minimum absolute atomic E-state index is 0.0319. The van der Waals surface area contributed by atoms with Crippen LogP contribution in [0.25, 0.3) is 0 Å². The summed E-state index contributed by atoms with van der Waals surface area (Å²) in [6.07, 6.45) is 3.42. The third kappa shape index (κ3) is 3.19. The smallest absolute Gasteiger partial charge is 0.322 e. The second-order valence-electron chi connectivity index (χ2n) is 6.37. The SMILES string of the molecule is COc1ccc(NC(=O)N2CCC[C@@H]3CN(C)CC[C@H]32)cc1. The number of fused-ring (bicyclic) bond motifs is 1. The number of urea groups is 1. The highest BCUT2D eigenvalue weighted by Crippen LogP contribution is 2.30. The summed E-state index contributed by atoms with van der Waals surface area (Å²) in [5, 5.41) is 3.03. The van der Waals surface area contributed by atoms with Crippen LogP contribution in [-0.4, -0.2) is 55.7 Å². The first kappa shape index (κ1) is 15.2. The van der Waals surface area contributed by atoms with Crippen LogP contribution >= 0.6 is 0 Å². The van der Waals surface area contributed by atoms with Crippen molar-refractivity contribution < 1.29 is 9.53 Å². The van der Waals surface area contributed by atoms with Crippen molar-refractivity contribution in [3.63, 3.8) is 0 Å². The number of ether oxygens (including phenoxy) is 1. The molecular weight excluding hydrogens is 278 g/mol. The zero-order chi connectivity index (χ0) is 15.5. The second-order valence-corrected chi connectivity index (χ2v) is 6.37. The Balaban J connectivity index is 1.65. The average molecular weight is 303 g/mol. The molecule has 0 aromatic heterocycles. The molecule has 1 aromatic rings. The van der Waals surface area contributed by atoms with Crippen LogP contribution in [0.2, 0.25) is 0 Å². The molecule has 3 rings (SSSR count). The molecule has 2 aliphatic heterocycles. The highest BCUT2D eigenvalue weighted by molar-refractivity contribution is 5.89. The highest BCUT2D eigenvalue weighted by atomic mass is 16.5. The van der Waals surface area contributed by atoms with Gasteiger partial charge < -0.3 is 19.9 Å². The monoisotopic (exact) mass is 303 g/mol. The summed E-state index contributed by atoms with van der Waals surface area (Å²) in [6, 6.07) is 7.92. The topological polar surface area (TPSA) is 44.8 Å². The molecule has 0 saturated carbocycles. The molecule has 22 heavy (non-hydrogen) atoms. The lowest BCUT2D eigenvalue weighted by atomic mass is 9.84. The Morgan fingerprint density at radius 3 is 2.73 bits per heavy atom. The van der Waals surface area contributed by atoms with Crippen LogP contribution < -0.4 is 10.1 Å². The molecule has 0 aliphatic carbocycles. The number of likely N-dealkylation sites (tertiary alicyclic amines) is 2. The first-order chi connectivity index (χ1) is 10.7. The van der Waals surface area contributed by atoms with E-state index in [1.54, 1.807) is 7.11 Å². The number of amides is 2. The van der Waals surface area contributed by atoms with E-state index in [0.717, 1.165) is 43.9 Å². The minimum Gasteiger partial charge on any atom is -0.497 e. The van der Waals surface area contributed by atoms with E-state index in [-0.39, 0.29) is 6.03 Å². The lowest BCUT2D eigenvalue weighted by Crippen LogP contribution is -2.56. The summed E-state index contributed by atoms with van der Waals surface area (Å²) in [7, 11) is 3.81. The molecule has 2 atom stereocenters. The number of piperidine rings is 2. The molecule has 1 N–H and O–H groups in total. The zero-order valence-corrected chi connectivity index (χ0v) is 13.4. The van der Waals surface area contributed by atoms with Gasteiger partial charge in [-0.25, -0.2) is 4.79 Å². The van der Waals surface area contributed by atoms with Gasteiger partial charge >= 0.3 is 6.03 Å². The molecule has 2 heterocycles. The number of hydrogen-bond acceptors (Lipinski definition) is 3. The van der Waals surface area contributed by atoms with Crippen molar-refractivity contribution in [1.82, 2.24) is 9.80 Å². The van der Waals surface area contributed by atoms with Crippen molar-refractivity contribution in [2.45, 2.75) is 25.3 Å². The quantitative estimate of drug-likeness (QED) is 0.913. The van der Waals surface area contributed by atoms with Crippen molar-refractivity contribution in [1.29, 1.82) is 0 Å². The maximum absolute atomic E-state index is 12.6. The average Bonchev–Trinajstić information content (AvgIpc) is 2.54. The highest BCUT2D eigenvalue weighted by Gasteiger charge is 2.37. The van der Waals surface area contributed by atoms with Gasteiger partial charge in [-0.3, -0.25) is 0 Å². The molecule has 2 fully saturated rings. The summed E-state index contributed by atoms with van der Waals surface area (Å²) in [5.41, 5.74) is 0.820. The lowest BCUT2D eigenvalue weighted by molar-refractivity contribution is 0.0579. The van der Waals surface area contributed by atoms with E-state index in [9.17, 15) is 4.79 Å². The number of hydrogen-bond donors (Lipinski definition) is 1. The van der Waals surface area contributed by atoms with Gasteiger partial charge in [0.25, 0.3) is 0 Å². The molecule has 1 aromatic carbocycles. The van der Waals surface area contributed by atoms with E-state index in [1.165, 1.54) is 6.42 Å². The molecule has 5 nitrogen and oxygen atoms in total. The molecule has 2 aliphatic rings. The minimum atomic E-state index is 0.0319. The second kappa shape index (κ2) is 6.57. The van der Waals surface area contributed by atoms with Crippen molar-refractivity contribution in [2.75, 3.05) is 39.1 Å². The maximum Gasteiger partial charge on any atom is 0.322 e. The number of carbonyl (C=O) groups excluding carboxylic acids is 1. The largest absolute Gasteiger partial charge is 0.497 e. The van der Waals surface area contributed by atoms with Crippen LogP contribution in [-0.2, 0) is 0 Å². The summed E-state index contributed by atoms with van der Waals surface area (Å²) in [6.45, 7) is 3.05. The number of anilines is 1. The predicted molar refractivity (Wildman–Crippen MR) is 87.3 cm³/mol. The third-order valence-corrected chi connectivity index (χ3v) is 4.87. The fourth-order valence-electron chi connectivity index (χ4n) is 3.71. The van der Waals surface area contributed by atoms with Crippen molar-refractivity contribution in [3.05, 3.63) is 24.3 Å². The Morgan fingerprint density at radius 1 is 1.23 bits per heavy atom. The first-order valence-electron chi connectivity index (χ1n) is 8.07. The number of benzene rings is 1. The fraction of sp³-hybridized carbons (Fsp3) is 0.588. The van der Waals surface area contributed by atoms with Crippen LogP contribution in [0.4, 0.5) is 10.5 Å². The van der Waals surface area contributed by atoms with E-state index in [2.05, 4.69) is 17.3 Å². The molecule has 0 unspecified atom stereocenters. The molecular formula is C17H25N3O2. The molecule has 120 valence electrons. The van der Waals surface area contributed by atoms with Gasteiger partial charge in [-0.1, -0.05) is 0 Å². The molecule has 0 spiro atoms. The third-order valence-electron chi connectivity index (χ3n) is 4.87. The first-order valence-corrected chi connectivity index (χ1v) is 8.07. The van der Waals surface area contributed by atoms with Gasteiger partial charge in [0, 0.05) is 24.8 Å². The lowest BCUT2D eigenvalue weighted by Gasteiger charge is -2.46. The van der Waals surface area contributed by atoms with E-state index in [4.69, 9.17) is 4.74 Å². The standard InChI is InChI=1S/C17H25N3O2/c1-19-11-9-16-13(12-19)4-3-10-20(16)17(21)18-14-5-7-15(22-2)8-6-14/h5-8,13,16H,3-4,9-12H2,1-2H3,(H,18,21)/t13-,16-/m1/s1. The normalized spacial score (nSPS) is 25.5. The number of methoxy groups -OCH3 is 1. The molecule has 0 bridgehead atoms. The number of nitrogens with zero attached hydrogens (tertiary/aromatic N) is 2. The molecule has 2 saturated heterocycles. The van der Waals surface area contributed by atoms with E-state index in [0.29, 0.717) is 12.0 Å².